The van der Waals surface area contributed by atoms with Gasteiger partial charge in [0.25, 0.3) is 0 Å². The van der Waals surface area contributed by atoms with Gasteiger partial charge in [0.05, 0.1) is 6.61 Å². The summed E-state index contributed by atoms with van der Waals surface area (Å²) in [4.78, 5) is 12.0. The van der Waals surface area contributed by atoms with Gasteiger partial charge in [0.15, 0.2) is 0 Å². The van der Waals surface area contributed by atoms with Gasteiger partial charge in [-0.25, -0.2) is 0 Å². The van der Waals surface area contributed by atoms with Crippen molar-refractivity contribution in [3.8, 4) is 5.75 Å². The first kappa shape index (κ1) is 12.5. The van der Waals surface area contributed by atoms with Crippen LogP contribution in [0.5, 0.6) is 5.75 Å². The number of carbonyl (C=O) groups is 1. The van der Waals surface area contributed by atoms with Crippen molar-refractivity contribution in [3.05, 3.63) is 24.3 Å². The Balaban J connectivity index is 1.48. The minimum Gasteiger partial charge on any atom is -0.494 e. The van der Waals surface area contributed by atoms with Crippen LogP contribution in [-0.2, 0) is 4.79 Å². The summed E-state index contributed by atoms with van der Waals surface area (Å²) in [5, 5.41) is 2.97. The average molecular weight is 259 g/mol. The number of rotatable bonds is 5. The molecule has 3 nitrogen and oxygen atoms in total. The van der Waals surface area contributed by atoms with E-state index in [0.29, 0.717) is 18.9 Å². The van der Waals surface area contributed by atoms with Crippen molar-refractivity contribution < 1.29 is 9.53 Å². The third-order valence-corrected chi connectivity index (χ3v) is 4.26. The molecule has 2 aliphatic rings. The fourth-order valence-electron chi connectivity index (χ4n) is 3.28. The first-order valence-electron chi connectivity index (χ1n) is 7.27. The molecule has 0 bridgehead atoms. The van der Waals surface area contributed by atoms with E-state index in [4.69, 9.17) is 4.74 Å². The number of amides is 1. The number of hydrogen-bond donors (Lipinski definition) is 1. The summed E-state index contributed by atoms with van der Waals surface area (Å²) in [6.07, 6.45) is 4.62. The van der Waals surface area contributed by atoms with Crippen LogP contribution in [0.1, 0.15) is 32.6 Å². The summed E-state index contributed by atoms with van der Waals surface area (Å²) in [6.45, 7) is 2.62. The van der Waals surface area contributed by atoms with Gasteiger partial charge in [-0.05, 0) is 68.2 Å². The maximum absolute atomic E-state index is 12.0. The maximum Gasteiger partial charge on any atom is 0.224 e. The third kappa shape index (κ3) is 3.09. The highest BCUT2D eigenvalue weighted by Gasteiger charge is 2.45. The Hall–Kier alpha value is -1.51. The second-order valence-corrected chi connectivity index (χ2v) is 5.80. The zero-order valence-corrected chi connectivity index (χ0v) is 11.4. The van der Waals surface area contributed by atoms with Gasteiger partial charge >= 0.3 is 0 Å². The lowest BCUT2D eigenvalue weighted by molar-refractivity contribution is -0.117. The lowest BCUT2D eigenvalue weighted by Crippen LogP contribution is -2.15. The molecule has 0 spiro atoms. The monoisotopic (exact) mass is 259 g/mol. The number of nitrogens with one attached hydrogen (secondary N) is 1. The first-order valence-corrected chi connectivity index (χ1v) is 7.27. The van der Waals surface area contributed by atoms with E-state index in [1.54, 1.807) is 0 Å². The highest BCUT2D eigenvalue weighted by molar-refractivity contribution is 5.90. The summed E-state index contributed by atoms with van der Waals surface area (Å²) in [5.41, 5.74) is 0.858. The summed E-state index contributed by atoms with van der Waals surface area (Å²) in [5.74, 6) is 3.50. The predicted molar refractivity (Wildman–Crippen MR) is 75.2 cm³/mol. The molecule has 2 atom stereocenters. The highest BCUT2D eigenvalue weighted by Crippen LogP contribution is 2.55. The van der Waals surface area contributed by atoms with E-state index in [1.807, 2.05) is 31.2 Å². The van der Waals surface area contributed by atoms with Gasteiger partial charge in [0, 0.05) is 12.1 Å². The van der Waals surface area contributed by atoms with Crippen LogP contribution in [0.15, 0.2) is 24.3 Å². The molecule has 2 unspecified atom stereocenters. The number of ether oxygens (including phenoxy) is 1. The Morgan fingerprint density at radius 1 is 1.21 bits per heavy atom. The number of fused-ring (bicyclic) bond motifs is 1. The van der Waals surface area contributed by atoms with E-state index in [-0.39, 0.29) is 5.91 Å². The average Bonchev–Trinajstić information content (AvgIpc) is 3.00. The molecule has 19 heavy (non-hydrogen) atoms. The normalized spacial score (nSPS) is 27.7. The van der Waals surface area contributed by atoms with Crippen LogP contribution in [0, 0.1) is 17.8 Å². The van der Waals surface area contributed by atoms with Crippen molar-refractivity contribution in [3.63, 3.8) is 0 Å². The Morgan fingerprint density at radius 2 is 1.89 bits per heavy atom. The quantitative estimate of drug-likeness (QED) is 0.879. The summed E-state index contributed by atoms with van der Waals surface area (Å²) in [6, 6.07) is 7.58. The van der Waals surface area contributed by atoms with Crippen molar-refractivity contribution in [1.29, 1.82) is 0 Å². The molecular formula is C16H21NO2. The van der Waals surface area contributed by atoms with E-state index in [1.165, 1.54) is 19.3 Å². The smallest absolute Gasteiger partial charge is 0.224 e. The third-order valence-electron chi connectivity index (χ3n) is 4.26. The van der Waals surface area contributed by atoms with Crippen molar-refractivity contribution in [2.75, 3.05) is 11.9 Å². The Bertz CT molecular complexity index is 444. The van der Waals surface area contributed by atoms with E-state index < -0.39 is 0 Å². The minimum atomic E-state index is 0.149. The first-order chi connectivity index (χ1) is 9.24. The SMILES string of the molecule is CCOc1ccc(NC(=O)CC2CC3CC3C2)cc1. The van der Waals surface area contributed by atoms with Crippen molar-refractivity contribution in [2.45, 2.75) is 32.6 Å². The molecule has 102 valence electrons. The summed E-state index contributed by atoms with van der Waals surface area (Å²) < 4.78 is 5.38. The molecule has 0 saturated heterocycles. The number of benzene rings is 1. The lowest BCUT2D eigenvalue weighted by Gasteiger charge is -2.12. The summed E-state index contributed by atoms with van der Waals surface area (Å²) in [7, 11) is 0. The standard InChI is InChI=1S/C16H21NO2/c1-2-19-15-5-3-14(4-6-15)17-16(18)9-11-7-12-10-13(12)8-11/h3-6,11-13H,2,7-10H2,1H3,(H,17,18). The van der Waals surface area contributed by atoms with E-state index >= 15 is 0 Å². The van der Waals surface area contributed by atoms with Crippen LogP contribution in [0.3, 0.4) is 0 Å². The topological polar surface area (TPSA) is 38.3 Å². The highest BCUT2D eigenvalue weighted by atomic mass is 16.5. The lowest BCUT2D eigenvalue weighted by atomic mass is 9.99. The second-order valence-electron chi connectivity index (χ2n) is 5.80. The van der Waals surface area contributed by atoms with Gasteiger partial charge in [0.2, 0.25) is 5.91 Å². The fourth-order valence-corrected chi connectivity index (χ4v) is 3.28. The van der Waals surface area contributed by atoms with Crippen LogP contribution in [0.25, 0.3) is 0 Å². The van der Waals surface area contributed by atoms with Gasteiger partial charge in [-0.1, -0.05) is 0 Å². The molecule has 1 aromatic carbocycles. The number of hydrogen-bond acceptors (Lipinski definition) is 2. The fraction of sp³-hybridized carbons (Fsp3) is 0.562. The molecule has 2 aliphatic carbocycles. The molecule has 0 heterocycles. The van der Waals surface area contributed by atoms with Gasteiger partial charge in [-0.3, -0.25) is 4.79 Å². The molecule has 1 aromatic rings. The molecule has 3 heteroatoms. The Kier molecular flexibility index (Phi) is 3.45. The molecule has 2 saturated carbocycles. The van der Waals surface area contributed by atoms with Gasteiger partial charge in [-0.2, -0.15) is 0 Å². The zero-order valence-electron chi connectivity index (χ0n) is 11.4. The Labute approximate surface area is 114 Å². The Morgan fingerprint density at radius 3 is 2.53 bits per heavy atom. The van der Waals surface area contributed by atoms with E-state index in [9.17, 15) is 4.79 Å². The molecule has 1 amide bonds. The van der Waals surface area contributed by atoms with Gasteiger partial charge in [0.1, 0.15) is 5.75 Å². The molecule has 0 radical (unpaired) electrons. The van der Waals surface area contributed by atoms with Crippen molar-refractivity contribution >= 4 is 11.6 Å². The van der Waals surface area contributed by atoms with Gasteiger partial charge in [-0.15, -0.1) is 0 Å². The van der Waals surface area contributed by atoms with E-state index in [2.05, 4.69) is 5.32 Å². The molecule has 2 fully saturated rings. The predicted octanol–water partition coefficient (Wildman–Crippen LogP) is 3.46. The van der Waals surface area contributed by atoms with Crippen LogP contribution in [0.4, 0.5) is 5.69 Å². The summed E-state index contributed by atoms with van der Waals surface area (Å²) >= 11 is 0. The van der Waals surface area contributed by atoms with Crippen molar-refractivity contribution in [1.82, 2.24) is 0 Å². The van der Waals surface area contributed by atoms with Gasteiger partial charge < -0.3 is 10.1 Å². The van der Waals surface area contributed by atoms with Crippen LogP contribution in [0.2, 0.25) is 0 Å². The van der Waals surface area contributed by atoms with E-state index in [0.717, 1.165) is 23.3 Å². The zero-order chi connectivity index (χ0) is 13.2. The maximum atomic E-state index is 12.0. The molecular weight excluding hydrogens is 238 g/mol. The van der Waals surface area contributed by atoms with Crippen LogP contribution >= 0.6 is 0 Å². The number of anilines is 1. The second kappa shape index (κ2) is 5.24. The molecule has 3 rings (SSSR count). The molecule has 0 aliphatic heterocycles. The van der Waals surface area contributed by atoms with Crippen LogP contribution < -0.4 is 10.1 Å². The van der Waals surface area contributed by atoms with Crippen LogP contribution in [-0.4, -0.2) is 12.5 Å². The molecule has 1 N–H and O–H groups in total. The number of carbonyl (C=O) groups excluding carboxylic acids is 1. The van der Waals surface area contributed by atoms with Crippen molar-refractivity contribution in [2.24, 2.45) is 17.8 Å². The largest absolute Gasteiger partial charge is 0.494 e. The molecule has 0 aromatic heterocycles. The minimum absolute atomic E-state index is 0.149.